The minimum Gasteiger partial charge on any atom is -0.394 e. The van der Waals surface area contributed by atoms with Crippen molar-refractivity contribution in [2.24, 2.45) is 0 Å². The zero-order valence-corrected chi connectivity index (χ0v) is 12.7. The van der Waals surface area contributed by atoms with E-state index in [1.165, 1.54) is 0 Å². The molecule has 14 heteroatoms. The summed E-state index contributed by atoms with van der Waals surface area (Å²) >= 11 is 0. The van der Waals surface area contributed by atoms with E-state index in [1.807, 2.05) is 0 Å². The van der Waals surface area contributed by atoms with Crippen LogP contribution < -0.4 is 5.73 Å². The third kappa shape index (κ3) is 2.98. The van der Waals surface area contributed by atoms with Gasteiger partial charge in [-0.3, -0.25) is 9.09 Å². The number of nitrogen functional groups attached to an aromatic ring is 1. The highest BCUT2D eigenvalue weighted by Crippen LogP contribution is 2.45. The molecule has 2 aromatic heterocycles. The summed E-state index contributed by atoms with van der Waals surface area (Å²) in [7, 11) is -4.99. The van der Waals surface area contributed by atoms with Gasteiger partial charge in [0.15, 0.2) is 23.2 Å². The molecule has 3 rings (SSSR count). The number of ether oxygens (including phenoxy) is 1. The van der Waals surface area contributed by atoms with Crippen LogP contribution in [0.1, 0.15) is 6.23 Å². The Balaban J connectivity index is 2.07. The van der Waals surface area contributed by atoms with Crippen molar-refractivity contribution in [3.05, 3.63) is 12.4 Å². The van der Waals surface area contributed by atoms with Crippen LogP contribution in [0.15, 0.2) is 6.33 Å². The first-order valence-corrected chi connectivity index (χ1v) is 8.08. The average molecular weight is 365 g/mol. The predicted octanol–water partition coefficient (Wildman–Crippen LogP) is -1.72. The number of aromatic nitrogens is 4. The molecule has 3 heterocycles. The smallest absolute Gasteiger partial charge is 0.394 e. The van der Waals surface area contributed by atoms with E-state index in [0.29, 0.717) is 0 Å². The third-order valence-electron chi connectivity index (χ3n) is 3.45. The summed E-state index contributed by atoms with van der Waals surface area (Å²) in [6.07, 6.45) is -5.70. The maximum atomic E-state index is 13.4. The molecule has 6 N–H and O–H groups in total. The first-order chi connectivity index (χ1) is 11.2. The molecule has 1 aliphatic rings. The molecule has 1 fully saturated rings. The lowest BCUT2D eigenvalue weighted by Gasteiger charge is -2.22. The third-order valence-corrected chi connectivity index (χ3v) is 3.97. The summed E-state index contributed by atoms with van der Waals surface area (Å²) in [6, 6.07) is 0. The molecule has 0 bridgehead atoms. The molecular formula is C10H13FN5O7P. The van der Waals surface area contributed by atoms with Crippen LogP contribution in [-0.4, -0.2) is 64.4 Å². The second kappa shape index (κ2) is 5.97. The number of nitrogens with two attached hydrogens (primary N) is 1. The Morgan fingerprint density at radius 2 is 2.17 bits per heavy atom. The molecule has 0 saturated carbocycles. The number of rotatable bonds is 4. The van der Waals surface area contributed by atoms with E-state index >= 15 is 0 Å². The molecule has 132 valence electrons. The Hall–Kier alpha value is -1.73. The van der Waals surface area contributed by atoms with Crippen LogP contribution in [0.3, 0.4) is 0 Å². The normalized spacial score (nSPS) is 27.9. The highest BCUT2D eigenvalue weighted by atomic mass is 31.2. The summed E-state index contributed by atoms with van der Waals surface area (Å²) in [5.74, 6) is -0.249. The molecular weight excluding hydrogens is 352 g/mol. The van der Waals surface area contributed by atoms with Gasteiger partial charge < -0.3 is 30.5 Å². The molecule has 1 saturated heterocycles. The Kier molecular flexibility index (Phi) is 4.25. The van der Waals surface area contributed by atoms with Crippen LogP contribution in [-0.2, 0) is 13.8 Å². The topological polar surface area (TPSA) is 186 Å². The summed E-state index contributed by atoms with van der Waals surface area (Å²) < 4.78 is 35.5. The van der Waals surface area contributed by atoms with Gasteiger partial charge in [-0.2, -0.15) is 14.4 Å². The molecule has 24 heavy (non-hydrogen) atoms. The number of imidazole rings is 1. The van der Waals surface area contributed by atoms with Crippen LogP contribution in [0.4, 0.5) is 10.2 Å². The second-order valence-corrected chi connectivity index (χ2v) is 6.19. The fourth-order valence-corrected chi connectivity index (χ4v) is 3.01. The van der Waals surface area contributed by atoms with Gasteiger partial charge in [0.1, 0.15) is 18.3 Å². The van der Waals surface area contributed by atoms with Crippen molar-refractivity contribution in [1.29, 1.82) is 0 Å². The van der Waals surface area contributed by atoms with Crippen LogP contribution >= 0.6 is 7.82 Å². The monoisotopic (exact) mass is 365 g/mol. The van der Waals surface area contributed by atoms with E-state index in [2.05, 4.69) is 19.5 Å². The highest BCUT2D eigenvalue weighted by molar-refractivity contribution is 7.46. The van der Waals surface area contributed by atoms with Gasteiger partial charge >= 0.3 is 13.9 Å². The number of halogens is 1. The quantitative estimate of drug-likeness (QED) is 0.306. The Labute approximate surface area is 132 Å². The van der Waals surface area contributed by atoms with Gasteiger partial charge in [0, 0.05) is 0 Å². The number of hydrogen-bond acceptors (Lipinski definition) is 9. The maximum absolute atomic E-state index is 13.4. The average Bonchev–Trinajstić information content (AvgIpc) is 3.00. The van der Waals surface area contributed by atoms with Gasteiger partial charge in [0.05, 0.1) is 12.9 Å². The fourth-order valence-electron chi connectivity index (χ4n) is 2.46. The van der Waals surface area contributed by atoms with E-state index in [0.717, 1.165) is 10.9 Å². The molecule has 0 unspecified atom stereocenters. The Morgan fingerprint density at radius 1 is 1.46 bits per heavy atom. The summed E-state index contributed by atoms with van der Waals surface area (Å²) in [4.78, 5) is 28.7. The zero-order valence-electron chi connectivity index (χ0n) is 11.8. The molecule has 4 atom stereocenters. The predicted molar refractivity (Wildman–Crippen MR) is 73.6 cm³/mol. The highest BCUT2D eigenvalue weighted by Gasteiger charge is 2.48. The standard InChI is InChI=1S/C10H13FN5O7P/c11-10-14-7(12)4-8(15-10)16(2-13-4)9-6(23-24(19,20)21)5(18)3(1-17)22-9/h2-3,5-6,9,17-18H,1H2,(H2,12,14,15)(H2,19,20,21)/t3-,5-,6+,9-/m1/s1. The maximum Gasteiger partial charge on any atom is 0.470 e. The largest absolute Gasteiger partial charge is 0.470 e. The number of aliphatic hydroxyl groups excluding tert-OH is 2. The Bertz CT molecular complexity index is 812. The van der Waals surface area contributed by atoms with Crippen molar-refractivity contribution in [3.8, 4) is 0 Å². The van der Waals surface area contributed by atoms with Gasteiger partial charge in [-0.25, -0.2) is 9.55 Å². The minimum atomic E-state index is -4.99. The van der Waals surface area contributed by atoms with Crippen molar-refractivity contribution in [2.45, 2.75) is 24.5 Å². The summed E-state index contributed by atoms with van der Waals surface area (Å²) in [5.41, 5.74) is 5.43. The van der Waals surface area contributed by atoms with Gasteiger partial charge in [-0.1, -0.05) is 0 Å². The van der Waals surface area contributed by atoms with Crippen LogP contribution in [0.25, 0.3) is 11.2 Å². The van der Waals surface area contributed by atoms with Crippen molar-refractivity contribution in [1.82, 2.24) is 19.5 Å². The van der Waals surface area contributed by atoms with Crippen molar-refractivity contribution >= 4 is 24.8 Å². The van der Waals surface area contributed by atoms with E-state index in [4.69, 9.17) is 20.3 Å². The molecule has 2 aromatic rings. The van der Waals surface area contributed by atoms with Gasteiger partial charge in [0.2, 0.25) is 0 Å². The summed E-state index contributed by atoms with van der Waals surface area (Å²) in [6.45, 7) is -0.642. The molecule has 1 aliphatic heterocycles. The van der Waals surface area contributed by atoms with Gasteiger partial charge in [-0.05, 0) is 0 Å². The number of phosphoric ester groups is 1. The van der Waals surface area contributed by atoms with Crippen LogP contribution in [0, 0.1) is 6.08 Å². The van der Waals surface area contributed by atoms with Crippen molar-refractivity contribution in [2.75, 3.05) is 12.3 Å². The number of hydrogen-bond donors (Lipinski definition) is 5. The van der Waals surface area contributed by atoms with Crippen molar-refractivity contribution in [3.63, 3.8) is 0 Å². The van der Waals surface area contributed by atoms with Gasteiger partial charge in [0.25, 0.3) is 0 Å². The first-order valence-electron chi connectivity index (χ1n) is 6.55. The lowest BCUT2D eigenvalue weighted by atomic mass is 10.1. The summed E-state index contributed by atoms with van der Waals surface area (Å²) in [5, 5.41) is 19.2. The molecule has 0 amide bonds. The van der Waals surface area contributed by atoms with Crippen LogP contribution in [0.5, 0.6) is 0 Å². The van der Waals surface area contributed by atoms with E-state index in [-0.39, 0.29) is 17.0 Å². The lowest BCUT2D eigenvalue weighted by molar-refractivity contribution is -0.0506. The number of anilines is 1. The zero-order chi connectivity index (χ0) is 17.6. The van der Waals surface area contributed by atoms with E-state index < -0.39 is 45.0 Å². The SMILES string of the molecule is Nc1nc(F)nc2c1ncn2[C@@H]1O[C@H](CO)[C@@H](O)[C@@H]1OP(=O)(O)O. The second-order valence-electron chi connectivity index (χ2n) is 5.00. The molecule has 0 spiro atoms. The number of nitrogens with zero attached hydrogens (tertiary/aromatic N) is 4. The molecule has 12 nitrogen and oxygen atoms in total. The fraction of sp³-hybridized carbons (Fsp3) is 0.500. The molecule has 0 radical (unpaired) electrons. The number of aliphatic hydroxyl groups is 2. The van der Waals surface area contributed by atoms with E-state index in [1.54, 1.807) is 0 Å². The Morgan fingerprint density at radius 3 is 2.79 bits per heavy atom. The van der Waals surface area contributed by atoms with Crippen LogP contribution in [0.2, 0.25) is 0 Å². The molecule has 0 aromatic carbocycles. The number of fused-ring (bicyclic) bond motifs is 1. The lowest BCUT2D eigenvalue weighted by Crippen LogP contribution is -2.34. The van der Waals surface area contributed by atoms with Crippen molar-refractivity contribution < 1.29 is 38.2 Å². The minimum absolute atomic E-state index is 0.0249. The first kappa shape index (κ1) is 17.1. The number of phosphoric acid groups is 1. The van der Waals surface area contributed by atoms with E-state index in [9.17, 15) is 19.2 Å². The van der Waals surface area contributed by atoms with Gasteiger partial charge in [-0.15, -0.1) is 0 Å². The molecule has 0 aliphatic carbocycles.